The molecule has 0 unspecified atom stereocenters. The zero-order valence-corrected chi connectivity index (χ0v) is 17.5. The van der Waals surface area contributed by atoms with Crippen molar-refractivity contribution >= 4 is 17.2 Å². The standard InChI is InChI=1S/C22H26N4O2S/c1-17-5-2-6-18(15-17)26-20(16-19(24-26)21-7-3-14-29-21)22(27)23-8-4-9-25-10-12-28-13-11-25/h2-3,5-7,14-16H,4,8-13H2,1H3,(H,23,27)/p+1. The number of carbonyl (C=O) groups excluding carboxylic acids is 1. The van der Waals surface area contributed by atoms with Crippen molar-refractivity contribution < 1.29 is 14.4 Å². The molecule has 1 amide bonds. The van der Waals surface area contributed by atoms with E-state index in [4.69, 9.17) is 9.84 Å². The van der Waals surface area contributed by atoms with Gasteiger partial charge in [-0.25, -0.2) is 4.68 Å². The highest BCUT2D eigenvalue weighted by Gasteiger charge is 2.18. The van der Waals surface area contributed by atoms with Gasteiger partial charge in [0.1, 0.15) is 24.5 Å². The molecule has 0 atom stereocenters. The third kappa shape index (κ3) is 4.93. The van der Waals surface area contributed by atoms with Crippen LogP contribution in [-0.2, 0) is 4.74 Å². The van der Waals surface area contributed by atoms with E-state index in [1.165, 1.54) is 0 Å². The molecule has 1 aliphatic heterocycles. The Kier molecular flexibility index (Phi) is 6.39. The zero-order valence-electron chi connectivity index (χ0n) is 16.7. The number of ether oxygens (including phenoxy) is 1. The van der Waals surface area contributed by atoms with Crippen LogP contribution in [0.3, 0.4) is 0 Å². The highest BCUT2D eigenvalue weighted by molar-refractivity contribution is 7.13. The molecule has 1 saturated heterocycles. The van der Waals surface area contributed by atoms with Gasteiger partial charge in [-0.05, 0) is 42.1 Å². The Morgan fingerprint density at radius 2 is 2.10 bits per heavy atom. The molecule has 152 valence electrons. The summed E-state index contributed by atoms with van der Waals surface area (Å²) < 4.78 is 7.15. The molecule has 2 aromatic heterocycles. The molecule has 3 aromatic rings. The maximum Gasteiger partial charge on any atom is 0.270 e. The summed E-state index contributed by atoms with van der Waals surface area (Å²) in [7, 11) is 0. The van der Waals surface area contributed by atoms with Crippen molar-refractivity contribution in [3.63, 3.8) is 0 Å². The van der Waals surface area contributed by atoms with Gasteiger partial charge >= 0.3 is 0 Å². The first-order valence-electron chi connectivity index (χ1n) is 10.1. The van der Waals surface area contributed by atoms with Gasteiger partial charge in [0.2, 0.25) is 0 Å². The number of nitrogens with one attached hydrogen (secondary N) is 2. The number of hydrogen-bond donors (Lipinski definition) is 2. The highest BCUT2D eigenvalue weighted by atomic mass is 32.1. The molecule has 0 spiro atoms. The number of quaternary nitrogens is 1. The number of carbonyl (C=O) groups is 1. The predicted octanol–water partition coefficient (Wildman–Crippen LogP) is 1.94. The minimum absolute atomic E-state index is 0.0845. The van der Waals surface area contributed by atoms with Crippen LogP contribution < -0.4 is 10.2 Å². The monoisotopic (exact) mass is 411 g/mol. The number of amides is 1. The molecule has 1 aromatic carbocycles. The fourth-order valence-corrected chi connectivity index (χ4v) is 4.27. The molecular formula is C22H27N4O2S+. The largest absolute Gasteiger partial charge is 0.370 e. The Balaban J connectivity index is 1.48. The van der Waals surface area contributed by atoms with Crippen LogP contribution in [0, 0.1) is 6.92 Å². The lowest BCUT2D eigenvalue weighted by Crippen LogP contribution is -3.14. The van der Waals surface area contributed by atoms with Crippen LogP contribution in [0.1, 0.15) is 22.5 Å². The van der Waals surface area contributed by atoms with Crippen molar-refractivity contribution in [1.29, 1.82) is 0 Å². The minimum atomic E-state index is -0.0845. The van der Waals surface area contributed by atoms with Crippen molar-refractivity contribution in [2.75, 3.05) is 39.4 Å². The number of benzene rings is 1. The predicted molar refractivity (Wildman–Crippen MR) is 115 cm³/mol. The van der Waals surface area contributed by atoms with E-state index in [1.54, 1.807) is 20.9 Å². The van der Waals surface area contributed by atoms with E-state index in [0.29, 0.717) is 12.2 Å². The van der Waals surface area contributed by atoms with Crippen LogP contribution in [0.2, 0.25) is 0 Å². The lowest BCUT2D eigenvalue weighted by atomic mass is 10.2. The number of thiophene rings is 1. The number of aromatic nitrogens is 2. The van der Waals surface area contributed by atoms with E-state index < -0.39 is 0 Å². The summed E-state index contributed by atoms with van der Waals surface area (Å²) in [4.78, 5) is 15.6. The van der Waals surface area contributed by atoms with E-state index in [2.05, 4.69) is 5.32 Å². The summed E-state index contributed by atoms with van der Waals surface area (Å²) in [6, 6.07) is 14.0. The van der Waals surface area contributed by atoms with Gasteiger partial charge in [-0.15, -0.1) is 11.3 Å². The van der Waals surface area contributed by atoms with Crippen molar-refractivity contribution in [3.8, 4) is 16.3 Å². The van der Waals surface area contributed by atoms with Gasteiger partial charge in [0, 0.05) is 13.0 Å². The zero-order chi connectivity index (χ0) is 20.1. The van der Waals surface area contributed by atoms with Crippen molar-refractivity contribution in [2.24, 2.45) is 0 Å². The molecular weight excluding hydrogens is 384 g/mol. The number of rotatable bonds is 7. The summed E-state index contributed by atoms with van der Waals surface area (Å²) >= 11 is 1.62. The second-order valence-corrected chi connectivity index (χ2v) is 8.31. The van der Waals surface area contributed by atoms with Crippen LogP contribution in [-0.4, -0.2) is 55.1 Å². The lowest BCUT2D eigenvalue weighted by molar-refractivity contribution is -0.908. The Labute approximate surface area is 175 Å². The topological polar surface area (TPSA) is 60.6 Å². The third-order valence-corrected chi connectivity index (χ3v) is 6.05. The van der Waals surface area contributed by atoms with Crippen LogP contribution in [0.5, 0.6) is 0 Å². The Bertz CT molecular complexity index is 946. The number of hydrogen-bond acceptors (Lipinski definition) is 4. The first-order valence-corrected chi connectivity index (χ1v) is 11.0. The maximum atomic E-state index is 13.0. The summed E-state index contributed by atoms with van der Waals surface area (Å²) in [5.74, 6) is -0.0845. The maximum absolute atomic E-state index is 13.0. The third-order valence-electron chi connectivity index (χ3n) is 5.15. The van der Waals surface area contributed by atoms with Crippen LogP contribution >= 0.6 is 11.3 Å². The Morgan fingerprint density at radius 1 is 1.24 bits per heavy atom. The SMILES string of the molecule is Cc1cccc(-n2nc(-c3cccs3)cc2C(=O)NCCC[NH+]2CCOCC2)c1. The van der Waals surface area contributed by atoms with E-state index in [1.807, 2.05) is 54.8 Å². The molecule has 1 aliphatic rings. The molecule has 7 heteroatoms. The molecule has 6 nitrogen and oxygen atoms in total. The molecule has 2 N–H and O–H groups in total. The second-order valence-electron chi connectivity index (χ2n) is 7.36. The molecule has 29 heavy (non-hydrogen) atoms. The normalized spacial score (nSPS) is 14.8. The van der Waals surface area contributed by atoms with Gasteiger partial charge in [0.25, 0.3) is 5.91 Å². The lowest BCUT2D eigenvalue weighted by Gasteiger charge is -2.23. The van der Waals surface area contributed by atoms with E-state index in [9.17, 15) is 4.79 Å². The Morgan fingerprint density at radius 3 is 2.86 bits per heavy atom. The molecule has 1 fully saturated rings. The average Bonchev–Trinajstić information content (AvgIpc) is 3.41. The quantitative estimate of drug-likeness (QED) is 0.584. The number of nitrogens with zero attached hydrogens (tertiary/aromatic N) is 2. The van der Waals surface area contributed by atoms with E-state index in [-0.39, 0.29) is 5.91 Å². The smallest absolute Gasteiger partial charge is 0.270 e. The number of morpholine rings is 1. The first kappa shape index (κ1) is 19.8. The van der Waals surface area contributed by atoms with Crippen LogP contribution in [0.25, 0.3) is 16.3 Å². The molecule has 0 bridgehead atoms. The molecule has 0 radical (unpaired) electrons. The van der Waals surface area contributed by atoms with Gasteiger partial charge in [0.05, 0.1) is 30.3 Å². The minimum Gasteiger partial charge on any atom is -0.370 e. The van der Waals surface area contributed by atoms with E-state index in [0.717, 1.165) is 61.1 Å². The van der Waals surface area contributed by atoms with Crippen LogP contribution in [0.15, 0.2) is 47.8 Å². The first-order chi connectivity index (χ1) is 14.2. The van der Waals surface area contributed by atoms with Gasteiger partial charge in [-0.2, -0.15) is 5.10 Å². The average molecular weight is 412 g/mol. The molecule has 0 aliphatic carbocycles. The van der Waals surface area contributed by atoms with Crippen molar-refractivity contribution in [1.82, 2.24) is 15.1 Å². The van der Waals surface area contributed by atoms with Gasteiger partial charge in [0.15, 0.2) is 0 Å². The van der Waals surface area contributed by atoms with Crippen molar-refractivity contribution in [3.05, 3.63) is 59.1 Å². The molecule has 3 heterocycles. The summed E-state index contributed by atoms with van der Waals surface area (Å²) in [6.07, 6.45) is 0.956. The second kappa shape index (κ2) is 9.35. The van der Waals surface area contributed by atoms with Crippen LogP contribution in [0.4, 0.5) is 0 Å². The van der Waals surface area contributed by atoms with Gasteiger partial charge < -0.3 is 15.0 Å². The van der Waals surface area contributed by atoms with E-state index >= 15 is 0 Å². The van der Waals surface area contributed by atoms with Gasteiger partial charge in [-0.1, -0.05) is 18.2 Å². The summed E-state index contributed by atoms with van der Waals surface area (Å²) in [6.45, 7) is 7.54. The molecule has 4 rings (SSSR count). The summed E-state index contributed by atoms with van der Waals surface area (Å²) in [5, 5.41) is 9.84. The Hall–Kier alpha value is -2.48. The van der Waals surface area contributed by atoms with Crippen molar-refractivity contribution in [2.45, 2.75) is 13.3 Å². The van der Waals surface area contributed by atoms with Gasteiger partial charge in [-0.3, -0.25) is 4.79 Å². The summed E-state index contributed by atoms with van der Waals surface area (Å²) in [5.41, 5.74) is 3.42. The molecule has 0 saturated carbocycles. The number of aryl methyl sites for hydroxylation is 1. The highest BCUT2D eigenvalue weighted by Crippen LogP contribution is 2.26. The fourth-order valence-electron chi connectivity index (χ4n) is 3.59. The fraction of sp³-hybridized carbons (Fsp3) is 0.364.